The molecule has 1 fully saturated rings. The molecule has 19 heavy (non-hydrogen) atoms. The first kappa shape index (κ1) is 14.7. The highest BCUT2D eigenvalue weighted by Gasteiger charge is 2.28. The molecule has 1 atom stereocenters. The number of nitrogens with zero attached hydrogens (tertiary/aromatic N) is 3. The van der Waals surface area contributed by atoms with Crippen LogP contribution in [0.4, 0.5) is 5.13 Å². The standard InChI is InChI=1S/C13H23N3O2S/c1-15(2)7-10-5-4-6-16(10)13-14-11(9-18-3)12(8-17)19-13/h10,17H,4-9H2,1-3H3. The Morgan fingerprint density at radius 3 is 2.95 bits per heavy atom. The van der Waals surface area contributed by atoms with Crippen LogP contribution in [0.2, 0.25) is 0 Å². The molecule has 6 heteroatoms. The van der Waals surface area contributed by atoms with E-state index >= 15 is 0 Å². The molecule has 1 unspecified atom stereocenters. The first-order chi connectivity index (χ1) is 9.15. The van der Waals surface area contributed by atoms with Crippen molar-refractivity contribution < 1.29 is 9.84 Å². The molecule has 0 aliphatic carbocycles. The zero-order chi connectivity index (χ0) is 13.8. The van der Waals surface area contributed by atoms with Crippen LogP contribution in [-0.4, -0.2) is 55.3 Å². The molecule has 0 amide bonds. The lowest BCUT2D eigenvalue weighted by atomic mass is 10.2. The second kappa shape index (κ2) is 6.65. The first-order valence-electron chi connectivity index (χ1n) is 6.65. The van der Waals surface area contributed by atoms with Crippen molar-refractivity contribution in [1.29, 1.82) is 0 Å². The number of anilines is 1. The lowest BCUT2D eigenvalue weighted by Crippen LogP contribution is -2.37. The second-order valence-corrected chi connectivity index (χ2v) is 6.27. The van der Waals surface area contributed by atoms with Gasteiger partial charge in [-0.25, -0.2) is 4.98 Å². The highest BCUT2D eigenvalue weighted by molar-refractivity contribution is 7.15. The molecule has 1 saturated heterocycles. The van der Waals surface area contributed by atoms with Crippen molar-refractivity contribution in [3.63, 3.8) is 0 Å². The van der Waals surface area contributed by atoms with Gasteiger partial charge in [-0.15, -0.1) is 0 Å². The molecule has 0 radical (unpaired) electrons. The molecule has 0 aromatic carbocycles. The van der Waals surface area contributed by atoms with Gasteiger partial charge >= 0.3 is 0 Å². The molecule has 0 spiro atoms. The summed E-state index contributed by atoms with van der Waals surface area (Å²) >= 11 is 1.59. The summed E-state index contributed by atoms with van der Waals surface area (Å²) in [5.41, 5.74) is 0.875. The maximum Gasteiger partial charge on any atom is 0.186 e. The van der Waals surface area contributed by atoms with E-state index in [4.69, 9.17) is 4.74 Å². The maximum absolute atomic E-state index is 9.40. The van der Waals surface area contributed by atoms with Crippen LogP contribution in [0.5, 0.6) is 0 Å². The third kappa shape index (κ3) is 3.45. The summed E-state index contributed by atoms with van der Waals surface area (Å²) in [4.78, 5) is 10.2. The Hall–Kier alpha value is -0.690. The minimum Gasteiger partial charge on any atom is -0.391 e. The number of aliphatic hydroxyl groups is 1. The van der Waals surface area contributed by atoms with E-state index in [-0.39, 0.29) is 6.61 Å². The van der Waals surface area contributed by atoms with Crippen LogP contribution in [0.1, 0.15) is 23.4 Å². The van der Waals surface area contributed by atoms with Gasteiger partial charge in [0.25, 0.3) is 0 Å². The van der Waals surface area contributed by atoms with E-state index < -0.39 is 0 Å². The monoisotopic (exact) mass is 285 g/mol. The van der Waals surface area contributed by atoms with Crippen LogP contribution in [0, 0.1) is 0 Å². The van der Waals surface area contributed by atoms with Gasteiger partial charge in [0.1, 0.15) is 0 Å². The Morgan fingerprint density at radius 1 is 1.53 bits per heavy atom. The van der Waals surface area contributed by atoms with Gasteiger partial charge in [0, 0.05) is 26.2 Å². The van der Waals surface area contributed by atoms with Crippen LogP contribution in [0.25, 0.3) is 0 Å². The molecule has 1 aromatic heterocycles. The van der Waals surface area contributed by atoms with Crippen molar-refractivity contribution in [1.82, 2.24) is 9.88 Å². The quantitative estimate of drug-likeness (QED) is 0.854. The summed E-state index contributed by atoms with van der Waals surface area (Å²) in [6.45, 7) is 2.62. The van der Waals surface area contributed by atoms with Crippen LogP contribution >= 0.6 is 11.3 Å². The van der Waals surface area contributed by atoms with Crippen molar-refractivity contribution in [2.45, 2.75) is 32.1 Å². The van der Waals surface area contributed by atoms with Gasteiger partial charge in [-0.05, 0) is 26.9 Å². The number of aromatic nitrogens is 1. The first-order valence-corrected chi connectivity index (χ1v) is 7.47. The summed E-state index contributed by atoms with van der Waals surface area (Å²) in [7, 11) is 5.87. The van der Waals surface area contributed by atoms with Gasteiger partial charge in [0.15, 0.2) is 5.13 Å². The topological polar surface area (TPSA) is 48.8 Å². The SMILES string of the molecule is COCc1nc(N2CCCC2CN(C)C)sc1CO. The number of rotatable bonds is 6. The van der Waals surface area contributed by atoms with Gasteiger partial charge in [0.2, 0.25) is 0 Å². The van der Waals surface area contributed by atoms with E-state index in [1.54, 1.807) is 18.4 Å². The van der Waals surface area contributed by atoms with Crippen molar-refractivity contribution in [3.8, 4) is 0 Å². The summed E-state index contributed by atoms with van der Waals surface area (Å²) < 4.78 is 5.14. The number of ether oxygens (including phenoxy) is 1. The van der Waals surface area contributed by atoms with Crippen LogP contribution in [-0.2, 0) is 18.0 Å². The molecule has 1 N–H and O–H groups in total. The molecule has 0 bridgehead atoms. The average molecular weight is 285 g/mol. The molecular formula is C13H23N3O2S. The molecule has 5 nitrogen and oxygen atoms in total. The Morgan fingerprint density at radius 2 is 2.32 bits per heavy atom. The number of hydrogen-bond donors (Lipinski definition) is 1. The molecular weight excluding hydrogens is 262 g/mol. The minimum absolute atomic E-state index is 0.0442. The third-order valence-corrected chi connectivity index (χ3v) is 4.51. The maximum atomic E-state index is 9.40. The van der Waals surface area contributed by atoms with Gasteiger partial charge < -0.3 is 19.6 Å². The lowest BCUT2D eigenvalue weighted by Gasteiger charge is -2.26. The van der Waals surface area contributed by atoms with E-state index in [1.165, 1.54) is 12.8 Å². The predicted octanol–water partition coefficient (Wildman–Crippen LogP) is 1.31. The predicted molar refractivity (Wildman–Crippen MR) is 77.7 cm³/mol. The molecule has 1 aliphatic rings. The van der Waals surface area contributed by atoms with E-state index in [0.29, 0.717) is 12.6 Å². The number of aliphatic hydroxyl groups excluding tert-OH is 1. The van der Waals surface area contributed by atoms with E-state index in [1.807, 2.05) is 0 Å². The normalized spacial score (nSPS) is 19.6. The van der Waals surface area contributed by atoms with Crippen LogP contribution < -0.4 is 4.90 Å². The molecule has 108 valence electrons. The Balaban J connectivity index is 2.15. The van der Waals surface area contributed by atoms with Gasteiger partial charge in [-0.1, -0.05) is 11.3 Å². The fourth-order valence-corrected chi connectivity index (χ4v) is 3.59. The van der Waals surface area contributed by atoms with Crippen molar-refractivity contribution >= 4 is 16.5 Å². The summed E-state index contributed by atoms with van der Waals surface area (Å²) in [5.74, 6) is 0. The minimum atomic E-state index is 0.0442. The summed E-state index contributed by atoms with van der Waals surface area (Å²) in [6, 6.07) is 0.531. The van der Waals surface area contributed by atoms with Gasteiger partial charge in [0.05, 0.1) is 23.8 Å². The zero-order valence-electron chi connectivity index (χ0n) is 11.9. The van der Waals surface area contributed by atoms with Crippen LogP contribution in [0.15, 0.2) is 0 Å². The lowest BCUT2D eigenvalue weighted by molar-refractivity contribution is 0.179. The van der Waals surface area contributed by atoms with E-state index in [0.717, 1.165) is 28.8 Å². The largest absolute Gasteiger partial charge is 0.391 e. The number of thiazole rings is 1. The zero-order valence-corrected chi connectivity index (χ0v) is 12.7. The highest BCUT2D eigenvalue weighted by atomic mass is 32.1. The molecule has 2 heterocycles. The van der Waals surface area contributed by atoms with Crippen molar-refractivity contribution in [2.75, 3.05) is 39.2 Å². The number of likely N-dealkylation sites (N-methyl/N-ethyl adjacent to an activating group) is 1. The second-order valence-electron chi connectivity index (χ2n) is 5.21. The average Bonchev–Trinajstić information content (AvgIpc) is 2.95. The molecule has 1 aromatic rings. The molecule has 0 saturated carbocycles. The van der Waals surface area contributed by atoms with Crippen molar-refractivity contribution in [3.05, 3.63) is 10.6 Å². The number of methoxy groups -OCH3 is 1. The van der Waals surface area contributed by atoms with Crippen molar-refractivity contribution in [2.24, 2.45) is 0 Å². The van der Waals surface area contributed by atoms with E-state index in [2.05, 4.69) is 28.9 Å². The fraction of sp³-hybridized carbons (Fsp3) is 0.769. The fourth-order valence-electron chi connectivity index (χ4n) is 2.56. The highest BCUT2D eigenvalue weighted by Crippen LogP contribution is 2.32. The van der Waals surface area contributed by atoms with E-state index in [9.17, 15) is 5.11 Å². The Labute approximate surface area is 118 Å². The summed E-state index contributed by atoms with van der Waals surface area (Å²) in [5, 5.41) is 10.4. The molecule has 2 rings (SSSR count). The van der Waals surface area contributed by atoms with Crippen LogP contribution in [0.3, 0.4) is 0 Å². The Bertz CT molecular complexity index is 409. The van der Waals surface area contributed by atoms with Gasteiger partial charge in [-0.3, -0.25) is 0 Å². The third-order valence-electron chi connectivity index (χ3n) is 3.39. The summed E-state index contributed by atoms with van der Waals surface area (Å²) in [6.07, 6.45) is 2.43. The van der Waals surface area contributed by atoms with Gasteiger partial charge in [-0.2, -0.15) is 0 Å². The molecule has 1 aliphatic heterocycles. The smallest absolute Gasteiger partial charge is 0.186 e. The number of hydrogen-bond acceptors (Lipinski definition) is 6. The Kier molecular flexibility index (Phi) is 5.15.